The van der Waals surface area contributed by atoms with E-state index >= 15 is 0 Å². The highest BCUT2D eigenvalue weighted by Crippen LogP contribution is 2.32. The highest BCUT2D eigenvalue weighted by Gasteiger charge is 2.20. The molecule has 0 aliphatic carbocycles. The third kappa shape index (κ3) is 2.56. The lowest BCUT2D eigenvalue weighted by Gasteiger charge is -2.25. The first kappa shape index (κ1) is 11.5. The molecule has 88 valence electrons. The number of nitrogens with two attached hydrogens (primary N) is 1. The Labute approximate surface area is 97.8 Å². The number of hydrogen-bond acceptors (Lipinski definition) is 2. The van der Waals surface area contributed by atoms with E-state index in [1.54, 1.807) is 0 Å². The Morgan fingerprint density at radius 1 is 1.38 bits per heavy atom. The summed E-state index contributed by atoms with van der Waals surface area (Å²) in [7, 11) is 0. The van der Waals surface area contributed by atoms with Crippen molar-refractivity contribution < 1.29 is 4.74 Å². The van der Waals surface area contributed by atoms with Crippen LogP contribution < -0.4 is 10.5 Å². The van der Waals surface area contributed by atoms with Crippen LogP contribution in [0, 0.1) is 6.92 Å². The summed E-state index contributed by atoms with van der Waals surface area (Å²) in [4.78, 5) is 0. The van der Waals surface area contributed by atoms with Gasteiger partial charge in [-0.2, -0.15) is 0 Å². The van der Waals surface area contributed by atoms with E-state index in [0.29, 0.717) is 0 Å². The molecule has 0 aromatic heterocycles. The Morgan fingerprint density at radius 3 is 2.81 bits per heavy atom. The quantitative estimate of drug-likeness (QED) is 0.829. The average molecular weight is 219 g/mol. The van der Waals surface area contributed by atoms with Crippen LogP contribution in [-0.4, -0.2) is 12.1 Å². The SMILES string of the molecule is Cc1cc2c(c(CC(C)(C)N)c1)OCCC2. The molecule has 0 atom stereocenters. The molecule has 2 heteroatoms. The van der Waals surface area contributed by atoms with Crippen molar-refractivity contribution in [1.29, 1.82) is 0 Å². The number of ether oxygens (including phenoxy) is 1. The maximum atomic E-state index is 6.10. The molecule has 0 amide bonds. The van der Waals surface area contributed by atoms with E-state index in [2.05, 4.69) is 32.9 Å². The summed E-state index contributed by atoms with van der Waals surface area (Å²) in [5, 5.41) is 0. The molecule has 0 spiro atoms. The Hall–Kier alpha value is -1.02. The summed E-state index contributed by atoms with van der Waals surface area (Å²) >= 11 is 0. The maximum absolute atomic E-state index is 6.10. The molecule has 0 saturated heterocycles. The smallest absolute Gasteiger partial charge is 0.125 e. The molecule has 1 aromatic rings. The van der Waals surface area contributed by atoms with Crippen LogP contribution in [0.5, 0.6) is 5.75 Å². The molecule has 2 N–H and O–H groups in total. The van der Waals surface area contributed by atoms with Gasteiger partial charge in [-0.3, -0.25) is 0 Å². The van der Waals surface area contributed by atoms with E-state index < -0.39 is 0 Å². The molecular weight excluding hydrogens is 198 g/mol. The van der Waals surface area contributed by atoms with Crippen LogP contribution in [0.4, 0.5) is 0 Å². The molecule has 16 heavy (non-hydrogen) atoms. The first-order chi connectivity index (χ1) is 7.46. The van der Waals surface area contributed by atoms with Gasteiger partial charge >= 0.3 is 0 Å². The minimum Gasteiger partial charge on any atom is -0.493 e. The fourth-order valence-electron chi connectivity index (χ4n) is 2.36. The van der Waals surface area contributed by atoms with Gasteiger partial charge < -0.3 is 10.5 Å². The van der Waals surface area contributed by atoms with Crippen molar-refractivity contribution in [2.45, 2.75) is 45.6 Å². The molecule has 0 unspecified atom stereocenters. The third-order valence-electron chi connectivity index (χ3n) is 2.87. The summed E-state index contributed by atoms with van der Waals surface area (Å²) < 4.78 is 5.80. The fourth-order valence-corrected chi connectivity index (χ4v) is 2.36. The lowest BCUT2D eigenvalue weighted by Crippen LogP contribution is -2.34. The zero-order chi connectivity index (χ0) is 11.8. The standard InChI is InChI=1S/C14H21NO/c1-10-7-11-5-4-6-16-13(11)12(8-10)9-14(2,3)15/h7-8H,4-6,9,15H2,1-3H3. The van der Waals surface area contributed by atoms with Gasteiger partial charge in [-0.05, 0) is 51.2 Å². The second kappa shape index (κ2) is 4.10. The van der Waals surface area contributed by atoms with E-state index in [4.69, 9.17) is 10.5 Å². The van der Waals surface area contributed by atoms with Gasteiger partial charge in [0.2, 0.25) is 0 Å². The van der Waals surface area contributed by atoms with E-state index in [0.717, 1.165) is 31.6 Å². The van der Waals surface area contributed by atoms with Gasteiger partial charge in [0.15, 0.2) is 0 Å². The molecule has 1 aliphatic rings. The third-order valence-corrected chi connectivity index (χ3v) is 2.87. The molecule has 0 radical (unpaired) electrons. The van der Waals surface area contributed by atoms with Gasteiger partial charge in [0.25, 0.3) is 0 Å². The van der Waals surface area contributed by atoms with Crippen molar-refractivity contribution in [3.8, 4) is 5.75 Å². The number of rotatable bonds is 2. The highest BCUT2D eigenvalue weighted by atomic mass is 16.5. The zero-order valence-electron chi connectivity index (χ0n) is 10.5. The summed E-state index contributed by atoms with van der Waals surface area (Å²) in [6.07, 6.45) is 3.13. The van der Waals surface area contributed by atoms with E-state index in [1.165, 1.54) is 16.7 Å². The largest absolute Gasteiger partial charge is 0.493 e. The van der Waals surface area contributed by atoms with Gasteiger partial charge in [0.05, 0.1) is 6.61 Å². The van der Waals surface area contributed by atoms with Crippen LogP contribution in [0.3, 0.4) is 0 Å². The Kier molecular flexibility index (Phi) is 2.94. The molecule has 1 aliphatic heterocycles. The van der Waals surface area contributed by atoms with Crippen molar-refractivity contribution in [3.63, 3.8) is 0 Å². The predicted octanol–water partition coefficient (Wildman–Crippen LogP) is 2.60. The van der Waals surface area contributed by atoms with Crippen LogP contribution in [0.2, 0.25) is 0 Å². The molecule has 1 heterocycles. The van der Waals surface area contributed by atoms with E-state index in [1.807, 2.05) is 0 Å². The van der Waals surface area contributed by atoms with Crippen LogP contribution in [0.1, 0.15) is 37.0 Å². The van der Waals surface area contributed by atoms with Gasteiger partial charge in [-0.15, -0.1) is 0 Å². The summed E-state index contributed by atoms with van der Waals surface area (Å²) in [5.74, 6) is 1.09. The lowest BCUT2D eigenvalue weighted by molar-refractivity contribution is 0.283. The fraction of sp³-hybridized carbons (Fsp3) is 0.571. The topological polar surface area (TPSA) is 35.2 Å². The molecule has 0 fully saturated rings. The van der Waals surface area contributed by atoms with Gasteiger partial charge in [-0.1, -0.05) is 17.7 Å². The number of benzene rings is 1. The second-order valence-corrected chi connectivity index (χ2v) is 5.53. The van der Waals surface area contributed by atoms with Crippen LogP contribution in [-0.2, 0) is 12.8 Å². The maximum Gasteiger partial charge on any atom is 0.125 e. The summed E-state index contributed by atoms with van der Waals surface area (Å²) in [5.41, 5.74) is 9.84. The zero-order valence-corrected chi connectivity index (χ0v) is 10.5. The molecule has 0 saturated carbocycles. The molecule has 2 nitrogen and oxygen atoms in total. The van der Waals surface area contributed by atoms with Crippen molar-refractivity contribution in [1.82, 2.24) is 0 Å². The van der Waals surface area contributed by atoms with Crippen LogP contribution in [0.15, 0.2) is 12.1 Å². The monoisotopic (exact) mass is 219 g/mol. The molecular formula is C14H21NO. The Morgan fingerprint density at radius 2 is 2.12 bits per heavy atom. The predicted molar refractivity (Wildman–Crippen MR) is 67.0 cm³/mol. The lowest BCUT2D eigenvalue weighted by atomic mass is 9.91. The van der Waals surface area contributed by atoms with Crippen molar-refractivity contribution in [2.75, 3.05) is 6.61 Å². The summed E-state index contributed by atoms with van der Waals surface area (Å²) in [6, 6.07) is 4.44. The molecule has 2 rings (SSSR count). The number of aryl methyl sites for hydroxylation is 2. The first-order valence-corrected chi connectivity index (χ1v) is 6.00. The number of hydrogen-bond donors (Lipinski definition) is 1. The van der Waals surface area contributed by atoms with Crippen molar-refractivity contribution >= 4 is 0 Å². The van der Waals surface area contributed by atoms with Crippen LogP contribution in [0.25, 0.3) is 0 Å². The Bertz CT molecular complexity index is 390. The second-order valence-electron chi connectivity index (χ2n) is 5.53. The Balaban J connectivity index is 2.39. The first-order valence-electron chi connectivity index (χ1n) is 6.00. The normalized spacial score (nSPS) is 15.5. The van der Waals surface area contributed by atoms with E-state index in [9.17, 15) is 0 Å². The summed E-state index contributed by atoms with van der Waals surface area (Å²) in [6.45, 7) is 7.10. The van der Waals surface area contributed by atoms with Crippen molar-refractivity contribution in [2.24, 2.45) is 5.73 Å². The molecule has 0 bridgehead atoms. The molecule has 1 aromatic carbocycles. The highest BCUT2D eigenvalue weighted by molar-refractivity contribution is 5.46. The van der Waals surface area contributed by atoms with Crippen molar-refractivity contribution in [3.05, 3.63) is 28.8 Å². The minimum absolute atomic E-state index is 0.178. The van der Waals surface area contributed by atoms with Crippen LogP contribution >= 0.6 is 0 Å². The van der Waals surface area contributed by atoms with Gasteiger partial charge in [-0.25, -0.2) is 0 Å². The van der Waals surface area contributed by atoms with E-state index in [-0.39, 0.29) is 5.54 Å². The minimum atomic E-state index is -0.178. The number of fused-ring (bicyclic) bond motifs is 1. The van der Waals surface area contributed by atoms with Gasteiger partial charge in [0.1, 0.15) is 5.75 Å². The van der Waals surface area contributed by atoms with Gasteiger partial charge in [0, 0.05) is 5.54 Å². The average Bonchev–Trinajstić information content (AvgIpc) is 2.14.